The Labute approximate surface area is 279 Å². The topological polar surface area (TPSA) is 102 Å². The van der Waals surface area contributed by atoms with Crippen LogP contribution in [0.4, 0.5) is 13.2 Å². The zero-order chi connectivity index (χ0) is 35.1. The van der Waals surface area contributed by atoms with Crippen LogP contribution >= 0.6 is 0 Å². The van der Waals surface area contributed by atoms with Crippen molar-refractivity contribution in [2.75, 3.05) is 14.1 Å². The third-order valence-electron chi connectivity index (χ3n) is 10.7. The maximum absolute atomic E-state index is 15.3. The molecule has 1 unspecified atom stereocenters. The van der Waals surface area contributed by atoms with Gasteiger partial charge in [-0.05, 0) is 85.8 Å². The van der Waals surface area contributed by atoms with Gasteiger partial charge in [-0.3, -0.25) is 14.5 Å². The summed E-state index contributed by atoms with van der Waals surface area (Å²) in [5, 5.41) is 15.5. The van der Waals surface area contributed by atoms with E-state index in [2.05, 4.69) is 5.16 Å². The molecule has 1 heterocycles. The molecule has 0 radical (unpaired) electrons. The van der Waals surface area contributed by atoms with E-state index >= 15 is 9.59 Å². The molecule has 1 saturated carbocycles. The monoisotopic (exact) mass is 682 g/mol. The highest BCUT2D eigenvalue weighted by Crippen LogP contribution is 2.59. The molecule has 6 rings (SSSR count). The number of aliphatic hydroxyl groups is 1. The fourth-order valence-corrected chi connectivity index (χ4v) is 8.86. The minimum absolute atomic E-state index is 0.00164. The maximum Gasteiger partial charge on any atom is 0.416 e. The molecule has 0 bridgehead atoms. The second kappa shape index (κ2) is 11.4. The predicted molar refractivity (Wildman–Crippen MR) is 175 cm³/mol. The molecular weight excluding hydrogens is 641 g/mol. The maximum atomic E-state index is 15.3. The zero-order valence-electron chi connectivity index (χ0n) is 28.4. The Hall–Kier alpha value is -3.74. The van der Waals surface area contributed by atoms with Crippen molar-refractivity contribution in [3.8, 4) is 5.88 Å². The smallest absolute Gasteiger partial charge is 0.416 e. The number of hydrogen-bond acceptors (Lipinski definition) is 8. The summed E-state index contributed by atoms with van der Waals surface area (Å²) in [5.74, 6) is -3.47. The van der Waals surface area contributed by atoms with Gasteiger partial charge in [-0.2, -0.15) is 13.2 Å². The van der Waals surface area contributed by atoms with Gasteiger partial charge in [0.1, 0.15) is 17.9 Å². The van der Waals surface area contributed by atoms with Gasteiger partial charge in [-0.25, -0.2) is 0 Å². The van der Waals surface area contributed by atoms with Gasteiger partial charge >= 0.3 is 6.18 Å². The Bertz CT molecular complexity index is 1820. The number of aliphatic hydroxyl groups excluding tert-OH is 1. The number of aromatic nitrogens is 1. The number of halogens is 3. The number of fused-ring (bicyclic) bond motifs is 4. The molecule has 4 atom stereocenters. The highest BCUT2D eigenvalue weighted by molar-refractivity contribution is 6.74. The van der Waals surface area contributed by atoms with Crippen LogP contribution in [0.3, 0.4) is 0 Å². The average Bonchev–Trinajstić information content (AvgIpc) is 3.40. The van der Waals surface area contributed by atoms with Crippen LogP contribution in [0.25, 0.3) is 5.76 Å². The summed E-state index contributed by atoms with van der Waals surface area (Å²) in [5.41, 5.74) is -1.89. The van der Waals surface area contributed by atoms with Gasteiger partial charge in [0.05, 0.1) is 11.6 Å². The first-order chi connectivity index (χ1) is 22.3. The number of Topliss-reactive ketones (excluding diaryl/α,β-unsaturated/α-hetero) is 2. The van der Waals surface area contributed by atoms with Crippen molar-refractivity contribution in [3.63, 3.8) is 0 Å². The molecule has 1 fully saturated rings. The van der Waals surface area contributed by atoms with E-state index in [-0.39, 0.29) is 53.4 Å². The summed E-state index contributed by atoms with van der Waals surface area (Å²) in [6, 6.07) is 10.9. The van der Waals surface area contributed by atoms with E-state index < -0.39 is 65.9 Å². The lowest BCUT2D eigenvalue weighted by molar-refractivity contribution is -0.140. The Morgan fingerprint density at radius 1 is 1.04 bits per heavy atom. The van der Waals surface area contributed by atoms with Crippen LogP contribution in [0.15, 0.2) is 52.6 Å². The number of alkyl halides is 3. The highest BCUT2D eigenvalue weighted by atomic mass is 28.4. The summed E-state index contributed by atoms with van der Waals surface area (Å²) >= 11 is 0. The summed E-state index contributed by atoms with van der Waals surface area (Å²) in [6.07, 6.45) is -4.71. The van der Waals surface area contributed by atoms with Crippen molar-refractivity contribution in [3.05, 3.63) is 87.2 Å². The molecule has 0 spiro atoms. The molecule has 256 valence electrons. The second-order valence-corrected chi connectivity index (χ2v) is 19.7. The number of aryl methyl sites for hydroxylation is 1. The van der Waals surface area contributed by atoms with Gasteiger partial charge < -0.3 is 18.8 Å². The van der Waals surface area contributed by atoms with Crippen LogP contribution in [0.2, 0.25) is 18.1 Å². The number of benzene rings is 2. The van der Waals surface area contributed by atoms with Crippen molar-refractivity contribution in [2.24, 2.45) is 11.8 Å². The lowest BCUT2D eigenvalue weighted by Gasteiger charge is -2.55. The number of carbonyl (C=O) groups is 2. The minimum Gasteiger partial charge on any atom is -0.507 e. The molecule has 3 aliphatic rings. The van der Waals surface area contributed by atoms with E-state index in [0.29, 0.717) is 5.56 Å². The summed E-state index contributed by atoms with van der Waals surface area (Å²) in [7, 11) is 0.614. The molecule has 1 aromatic heterocycles. The van der Waals surface area contributed by atoms with E-state index in [4.69, 9.17) is 13.7 Å². The van der Waals surface area contributed by atoms with E-state index in [1.807, 2.05) is 69.1 Å². The Morgan fingerprint density at radius 2 is 1.71 bits per heavy atom. The Morgan fingerprint density at radius 3 is 2.31 bits per heavy atom. The Kier molecular flexibility index (Phi) is 8.12. The number of ketones is 2. The number of rotatable bonds is 6. The van der Waals surface area contributed by atoms with Gasteiger partial charge in [-0.1, -0.05) is 57.2 Å². The SMILES string of the molecule is Cc1ccc(C(F)(F)F)c2c1C(O)=C1C(=O)C3(O[Si](C)(C)C(C)(C)C)C(=O)c4c(OCc5ccccc5)noc4[C@@H](N(C)C)[C@@H]3C[C@@H]1C2. The van der Waals surface area contributed by atoms with Crippen molar-refractivity contribution >= 4 is 25.6 Å². The summed E-state index contributed by atoms with van der Waals surface area (Å²) < 4.78 is 61.7. The van der Waals surface area contributed by atoms with Crippen LogP contribution in [0, 0.1) is 18.8 Å². The first-order valence-corrected chi connectivity index (χ1v) is 19.0. The van der Waals surface area contributed by atoms with Crippen LogP contribution in [-0.4, -0.2) is 54.7 Å². The number of nitrogens with zero attached hydrogens (tertiary/aromatic N) is 2. The highest BCUT2D eigenvalue weighted by Gasteiger charge is 2.69. The van der Waals surface area contributed by atoms with Gasteiger partial charge in [0.15, 0.2) is 19.7 Å². The van der Waals surface area contributed by atoms with Crippen molar-refractivity contribution in [1.82, 2.24) is 10.1 Å². The fourth-order valence-electron chi connectivity index (χ4n) is 7.42. The summed E-state index contributed by atoms with van der Waals surface area (Å²) in [6.45, 7) is 11.5. The molecule has 0 saturated heterocycles. The number of ether oxygens (including phenoxy) is 1. The molecule has 2 aromatic carbocycles. The first kappa shape index (κ1) is 34.1. The van der Waals surface area contributed by atoms with Gasteiger partial charge in [0.2, 0.25) is 11.6 Å². The normalized spacial score (nSPS) is 24.3. The number of carbonyl (C=O) groups excluding carboxylic acids is 2. The third kappa shape index (κ3) is 5.14. The lowest BCUT2D eigenvalue weighted by atomic mass is 9.57. The fraction of sp³-hybridized carbons (Fsp3) is 0.472. The molecule has 0 aliphatic heterocycles. The lowest BCUT2D eigenvalue weighted by Crippen LogP contribution is -2.68. The quantitative estimate of drug-likeness (QED) is 0.207. The molecule has 48 heavy (non-hydrogen) atoms. The zero-order valence-corrected chi connectivity index (χ0v) is 29.4. The molecule has 1 N–H and O–H groups in total. The molecule has 12 heteroatoms. The molecule has 8 nitrogen and oxygen atoms in total. The third-order valence-corrected chi connectivity index (χ3v) is 15.2. The van der Waals surface area contributed by atoms with E-state index in [1.165, 1.54) is 6.07 Å². The number of hydrogen-bond donors (Lipinski definition) is 1. The van der Waals surface area contributed by atoms with Crippen molar-refractivity contribution in [1.29, 1.82) is 0 Å². The average molecular weight is 683 g/mol. The Balaban J connectivity index is 1.59. The molecule has 3 aromatic rings. The molecule has 3 aliphatic carbocycles. The standard InChI is InChI=1S/C36H41F3N2O6Si/c1-19-14-15-23(36(37,38)39)22-16-21-17-24-28(41(5)6)30-27(33(40-46-30)45-18-20-12-10-9-11-13-20)32(44)35(24,47-48(7,8)34(2,3)4)31(43)26(21)29(42)25(19)22/h9-15,21,24,28,42H,16-18H2,1-8H3/t21-,24-,28-,35?/m0/s1. The molecular formula is C36H41F3N2O6Si. The predicted octanol–water partition coefficient (Wildman–Crippen LogP) is 7.87. The van der Waals surface area contributed by atoms with Crippen LogP contribution in [0.1, 0.15) is 77.2 Å². The minimum atomic E-state index is -4.67. The van der Waals surface area contributed by atoms with Gasteiger partial charge in [0, 0.05) is 17.1 Å². The van der Waals surface area contributed by atoms with Crippen molar-refractivity contribution < 1.29 is 41.6 Å². The van der Waals surface area contributed by atoms with Crippen molar-refractivity contribution in [2.45, 2.75) is 83.1 Å². The van der Waals surface area contributed by atoms with E-state index in [9.17, 15) is 18.3 Å². The van der Waals surface area contributed by atoms with E-state index in [1.54, 1.807) is 21.0 Å². The van der Waals surface area contributed by atoms with Crippen LogP contribution in [-0.2, 0) is 28.4 Å². The second-order valence-electron chi connectivity index (χ2n) is 15.0. The molecule has 0 amide bonds. The van der Waals surface area contributed by atoms with Gasteiger partial charge in [0.25, 0.3) is 5.88 Å². The first-order valence-electron chi connectivity index (χ1n) is 16.1. The van der Waals surface area contributed by atoms with E-state index in [0.717, 1.165) is 11.6 Å². The summed E-state index contributed by atoms with van der Waals surface area (Å²) in [4.78, 5) is 32.2. The van der Waals surface area contributed by atoms with Gasteiger partial charge in [-0.15, -0.1) is 0 Å². The van der Waals surface area contributed by atoms with Crippen LogP contribution < -0.4 is 4.74 Å². The largest absolute Gasteiger partial charge is 0.507 e. The van der Waals surface area contributed by atoms with Crippen LogP contribution in [0.5, 0.6) is 5.88 Å².